The fourth-order valence-electron chi connectivity index (χ4n) is 2.73. The molecule has 0 aliphatic rings. The summed E-state index contributed by atoms with van der Waals surface area (Å²) in [6.45, 7) is 3.05. The van der Waals surface area contributed by atoms with Crippen molar-refractivity contribution in [1.29, 1.82) is 0 Å². The molecule has 0 aliphatic heterocycles. The van der Waals surface area contributed by atoms with Gasteiger partial charge < -0.3 is 9.84 Å². The number of fused-ring (bicyclic) bond motifs is 1. The number of phenolic OH excluding ortho intramolecular Hbond substituents is 1. The van der Waals surface area contributed by atoms with E-state index < -0.39 is 0 Å². The first-order valence-electron chi connectivity index (χ1n) is 8.65. The average molecular weight is 300 g/mol. The zero-order chi connectivity index (χ0) is 15.6. The van der Waals surface area contributed by atoms with Crippen LogP contribution < -0.4 is 4.74 Å². The Labute approximate surface area is 134 Å². The van der Waals surface area contributed by atoms with Crippen molar-refractivity contribution in [2.24, 2.45) is 0 Å². The second kappa shape index (κ2) is 9.34. The molecular weight excluding hydrogens is 272 g/mol. The summed E-state index contributed by atoms with van der Waals surface area (Å²) < 4.78 is 5.83. The molecule has 0 heterocycles. The van der Waals surface area contributed by atoms with Gasteiger partial charge in [0.1, 0.15) is 11.5 Å². The maximum absolute atomic E-state index is 9.46. The highest BCUT2D eigenvalue weighted by atomic mass is 16.5. The van der Waals surface area contributed by atoms with E-state index in [1.54, 1.807) is 12.1 Å². The van der Waals surface area contributed by atoms with E-state index in [4.69, 9.17) is 4.74 Å². The van der Waals surface area contributed by atoms with Crippen LogP contribution in [0.5, 0.6) is 11.5 Å². The van der Waals surface area contributed by atoms with Gasteiger partial charge >= 0.3 is 0 Å². The minimum Gasteiger partial charge on any atom is -0.508 e. The van der Waals surface area contributed by atoms with Crippen molar-refractivity contribution in [1.82, 2.24) is 0 Å². The molecule has 2 aromatic carbocycles. The van der Waals surface area contributed by atoms with E-state index in [2.05, 4.69) is 6.92 Å². The minimum absolute atomic E-state index is 0.306. The highest BCUT2D eigenvalue weighted by Gasteiger charge is 1.99. The third kappa shape index (κ3) is 5.59. The zero-order valence-corrected chi connectivity index (χ0v) is 13.7. The summed E-state index contributed by atoms with van der Waals surface area (Å²) >= 11 is 0. The fourth-order valence-corrected chi connectivity index (χ4v) is 2.73. The van der Waals surface area contributed by atoms with Crippen molar-refractivity contribution in [3.8, 4) is 11.5 Å². The Bertz CT molecular complexity index is 563. The molecule has 0 unspecified atom stereocenters. The maximum atomic E-state index is 9.46. The number of unbranched alkanes of at least 4 members (excludes halogenated alkanes) is 7. The largest absolute Gasteiger partial charge is 0.508 e. The quantitative estimate of drug-likeness (QED) is 0.540. The molecule has 0 aromatic heterocycles. The lowest BCUT2D eigenvalue weighted by Gasteiger charge is -2.07. The molecule has 0 atom stereocenters. The number of aromatic hydroxyl groups is 1. The molecule has 0 bridgehead atoms. The number of rotatable bonds is 10. The number of phenols is 1. The molecule has 0 spiro atoms. The molecule has 2 aromatic rings. The maximum Gasteiger partial charge on any atom is 0.119 e. The summed E-state index contributed by atoms with van der Waals surface area (Å²) in [4.78, 5) is 0. The number of ether oxygens (including phenoxy) is 1. The molecule has 120 valence electrons. The van der Waals surface area contributed by atoms with Crippen molar-refractivity contribution in [2.45, 2.75) is 58.3 Å². The van der Waals surface area contributed by atoms with Gasteiger partial charge in [-0.15, -0.1) is 0 Å². The van der Waals surface area contributed by atoms with Crippen LogP contribution in [0.3, 0.4) is 0 Å². The van der Waals surface area contributed by atoms with Gasteiger partial charge in [0.15, 0.2) is 0 Å². The highest BCUT2D eigenvalue weighted by molar-refractivity contribution is 5.85. The molecule has 0 aliphatic carbocycles. The molecule has 2 nitrogen and oxygen atoms in total. The number of hydrogen-bond donors (Lipinski definition) is 1. The summed E-state index contributed by atoms with van der Waals surface area (Å²) in [5.74, 6) is 1.22. The van der Waals surface area contributed by atoms with E-state index in [1.807, 2.05) is 24.3 Å². The third-order valence-corrected chi connectivity index (χ3v) is 4.06. The van der Waals surface area contributed by atoms with E-state index in [0.717, 1.165) is 29.5 Å². The number of hydrogen-bond acceptors (Lipinski definition) is 2. The first kappa shape index (κ1) is 16.7. The second-order valence-corrected chi connectivity index (χ2v) is 6.02. The minimum atomic E-state index is 0.306. The Morgan fingerprint density at radius 3 is 2.18 bits per heavy atom. The van der Waals surface area contributed by atoms with Crippen molar-refractivity contribution in [2.75, 3.05) is 6.61 Å². The summed E-state index contributed by atoms with van der Waals surface area (Å²) in [6, 6.07) is 11.4. The molecule has 0 fully saturated rings. The van der Waals surface area contributed by atoms with Crippen LogP contribution in [0.1, 0.15) is 58.3 Å². The van der Waals surface area contributed by atoms with Crippen molar-refractivity contribution in [3.05, 3.63) is 36.4 Å². The molecular formula is C20H28O2. The summed E-state index contributed by atoms with van der Waals surface area (Å²) in [5, 5.41) is 11.6. The standard InChI is InChI=1S/C20H28O2/c1-2-3-4-5-6-7-8-9-14-22-20-13-11-17-15-19(21)12-10-18(17)16-20/h10-13,15-16,21H,2-9,14H2,1H3. The van der Waals surface area contributed by atoms with Gasteiger partial charge in [-0.05, 0) is 41.5 Å². The van der Waals surface area contributed by atoms with Crippen LogP contribution in [0.2, 0.25) is 0 Å². The molecule has 1 N–H and O–H groups in total. The highest BCUT2D eigenvalue weighted by Crippen LogP contribution is 2.24. The predicted molar refractivity (Wildman–Crippen MR) is 93.7 cm³/mol. The smallest absolute Gasteiger partial charge is 0.119 e. The molecule has 2 heteroatoms. The zero-order valence-electron chi connectivity index (χ0n) is 13.7. The SMILES string of the molecule is CCCCCCCCCCOc1ccc2cc(O)ccc2c1. The van der Waals surface area contributed by atoms with Gasteiger partial charge in [-0.1, -0.05) is 64.0 Å². The Morgan fingerprint density at radius 2 is 1.41 bits per heavy atom. The van der Waals surface area contributed by atoms with Crippen LogP contribution in [0.4, 0.5) is 0 Å². The lowest BCUT2D eigenvalue weighted by molar-refractivity contribution is 0.304. The third-order valence-electron chi connectivity index (χ3n) is 4.06. The normalized spacial score (nSPS) is 11.0. The molecule has 0 saturated heterocycles. The van der Waals surface area contributed by atoms with Gasteiger partial charge in [-0.25, -0.2) is 0 Å². The van der Waals surface area contributed by atoms with E-state index in [0.29, 0.717) is 5.75 Å². The lowest BCUT2D eigenvalue weighted by atomic mass is 10.1. The van der Waals surface area contributed by atoms with E-state index in [9.17, 15) is 5.11 Å². The molecule has 0 saturated carbocycles. The van der Waals surface area contributed by atoms with Gasteiger partial charge in [0, 0.05) is 0 Å². The Kier molecular flexibility index (Phi) is 7.08. The van der Waals surface area contributed by atoms with Crippen LogP contribution in [0.25, 0.3) is 10.8 Å². The van der Waals surface area contributed by atoms with Crippen LogP contribution >= 0.6 is 0 Å². The Morgan fingerprint density at radius 1 is 0.773 bits per heavy atom. The van der Waals surface area contributed by atoms with E-state index in [-0.39, 0.29) is 0 Å². The lowest BCUT2D eigenvalue weighted by Crippen LogP contribution is -1.97. The Balaban J connectivity index is 1.64. The fraction of sp³-hybridized carbons (Fsp3) is 0.500. The van der Waals surface area contributed by atoms with Crippen molar-refractivity contribution in [3.63, 3.8) is 0 Å². The first-order valence-corrected chi connectivity index (χ1v) is 8.65. The molecule has 22 heavy (non-hydrogen) atoms. The van der Waals surface area contributed by atoms with Crippen molar-refractivity contribution < 1.29 is 9.84 Å². The Hall–Kier alpha value is -1.70. The van der Waals surface area contributed by atoms with Gasteiger partial charge in [0.05, 0.1) is 6.61 Å². The van der Waals surface area contributed by atoms with Crippen LogP contribution in [0.15, 0.2) is 36.4 Å². The van der Waals surface area contributed by atoms with Crippen LogP contribution in [-0.4, -0.2) is 11.7 Å². The number of benzene rings is 2. The first-order chi connectivity index (χ1) is 10.8. The van der Waals surface area contributed by atoms with Crippen LogP contribution in [-0.2, 0) is 0 Å². The van der Waals surface area contributed by atoms with Gasteiger partial charge in [-0.2, -0.15) is 0 Å². The molecule has 0 radical (unpaired) electrons. The summed E-state index contributed by atoms with van der Waals surface area (Å²) in [6.07, 6.45) is 10.5. The molecule has 0 amide bonds. The van der Waals surface area contributed by atoms with Gasteiger partial charge in [-0.3, -0.25) is 0 Å². The summed E-state index contributed by atoms with van der Waals surface area (Å²) in [5.41, 5.74) is 0. The van der Waals surface area contributed by atoms with E-state index >= 15 is 0 Å². The predicted octanol–water partition coefficient (Wildman–Crippen LogP) is 6.06. The average Bonchev–Trinajstić information content (AvgIpc) is 2.53. The van der Waals surface area contributed by atoms with Gasteiger partial charge in [0.25, 0.3) is 0 Å². The molecule has 2 rings (SSSR count). The van der Waals surface area contributed by atoms with Crippen molar-refractivity contribution >= 4 is 10.8 Å². The second-order valence-electron chi connectivity index (χ2n) is 6.02. The summed E-state index contributed by atoms with van der Waals surface area (Å²) in [7, 11) is 0. The topological polar surface area (TPSA) is 29.5 Å². The van der Waals surface area contributed by atoms with Gasteiger partial charge in [0.2, 0.25) is 0 Å². The van der Waals surface area contributed by atoms with E-state index in [1.165, 1.54) is 44.9 Å². The van der Waals surface area contributed by atoms with Crippen LogP contribution in [0, 0.1) is 0 Å². The monoisotopic (exact) mass is 300 g/mol.